The minimum absolute atomic E-state index is 0.631. The first-order chi connectivity index (χ1) is 9.69. The zero-order valence-electron chi connectivity index (χ0n) is 13.5. The fourth-order valence-electron chi connectivity index (χ4n) is 3.45. The first-order valence-corrected chi connectivity index (χ1v) is 8.45. The van der Waals surface area contributed by atoms with E-state index in [9.17, 15) is 0 Å². The van der Waals surface area contributed by atoms with E-state index in [-0.39, 0.29) is 0 Å². The Labute approximate surface area is 125 Å². The van der Waals surface area contributed by atoms with E-state index in [0.717, 1.165) is 5.92 Å². The van der Waals surface area contributed by atoms with Crippen LogP contribution in [0.3, 0.4) is 0 Å². The summed E-state index contributed by atoms with van der Waals surface area (Å²) in [6.45, 7) is 4.52. The van der Waals surface area contributed by atoms with Crippen molar-refractivity contribution in [2.75, 3.05) is 7.05 Å². The molecule has 0 spiro atoms. The number of hydrogen-bond donors (Lipinski definition) is 1. The van der Waals surface area contributed by atoms with Gasteiger partial charge in [0.05, 0.1) is 0 Å². The Kier molecular flexibility index (Phi) is 6.09. The third kappa shape index (κ3) is 4.63. The summed E-state index contributed by atoms with van der Waals surface area (Å²) >= 11 is 0. The minimum atomic E-state index is 0.631. The lowest BCUT2D eigenvalue weighted by Crippen LogP contribution is -2.30. The monoisotopic (exact) mass is 273 g/mol. The van der Waals surface area contributed by atoms with E-state index in [4.69, 9.17) is 0 Å². The van der Waals surface area contributed by atoms with Gasteiger partial charge in [-0.1, -0.05) is 70.2 Å². The maximum atomic E-state index is 3.54. The molecule has 1 aliphatic rings. The Balaban J connectivity index is 1.88. The predicted molar refractivity (Wildman–Crippen MR) is 88.3 cm³/mol. The van der Waals surface area contributed by atoms with Crippen LogP contribution in [0.2, 0.25) is 0 Å². The Morgan fingerprint density at radius 3 is 2.25 bits per heavy atom. The van der Waals surface area contributed by atoms with Crippen molar-refractivity contribution in [2.24, 2.45) is 5.92 Å². The second-order valence-electron chi connectivity index (χ2n) is 6.83. The van der Waals surface area contributed by atoms with Crippen molar-refractivity contribution in [1.29, 1.82) is 0 Å². The molecular formula is C19H31N. The van der Waals surface area contributed by atoms with Crippen molar-refractivity contribution < 1.29 is 0 Å². The molecule has 112 valence electrons. The fourth-order valence-corrected chi connectivity index (χ4v) is 3.45. The lowest BCUT2D eigenvalue weighted by atomic mass is 9.83. The first-order valence-electron chi connectivity index (χ1n) is 8.45. The first kappa shape index (κ1) is 15.6. The highest BCUT2D eigenvalue weighted by Crippen LogP contribution is 2.28. The van der Waals surface area contributed by atoms with Gasteiger partial charge in [-0.15, -0.1) is 0 Å². The highest BCUT2D eigenvalue weighted by Gasteiger charge is 2.18. The van der Waals surface area contributed by atoms with Crippen LogP contribution in [0, 0.1) is 5.92 Å². The van der Waals surface area contributed by atoms with E-state index < -0.39 is 0 Å². The van der Waals surface area contributed by atoms with Crippen LogP contribution in [0.15, 0.2) is 24.3 Å². The second-order valence-corrected chi connectivity index (χ2v) is 6.83. The quantitative estimate of drug-likeness (QED) is 0.776. The number of nitrogens with one attached hydrogen (secondary N) is 1. The molecule has 1 N–H and O–H groups in total. The molecule has 0 saturated heterocycles. The van der Waals surface area contributed by atoms with E-state index in [1.807, 2.05) is 0 Å². The van der Waals surface area contributed by atoms with Crippen molar-refractivity contribution in [2.45, 2.75) is 70.8 Å². The summed E-state index contributed by atoms with van der Waals surface area (Å²) in [5, 5.41) is 3.54. The molecule has 0 aromatic heterocycles. The van der Waals surface area contributed by atoms with Gasteiger partial charge in [0.15, 0.2) is 0 Å². The third-order valence-electron chi connectivity index (χ3n) is 4.88. The average Bonchev–Trinajstić information content (AvgIpc) is 2.48. The molecule has 0 amide bonds. The molecule has 0 bridgehead atoms. The minimum Gasteiger partial charge on any atom is -0.317 e. The average molecular weight is 273 g/mol. The molecule has 1 aliphatic carbocycles. The van der Waals surface area contributed by atoms with Gasteiger partial charge in [0.1, 0.15) is 0 Å². The summed E-state index contributed by atoms with van der Waals surface area (Å²) in [5.74, 6) is 1.59. The van der Waals surface area contributed by atoms with Crippen molar-refractivity contribution in [3.8, 4) is 0 Å². The van der Waals surface area contributed by atoms with E-state index in [2.05, 4.69) is 50.5 Å². The molecule has 0 heterocycles. The van der Waals surface area contributed by atoms with Crippen LogP contribution < -0.4 is 5.32 Å². The van der Waals surface area contributed by atoms with Gasteiger partial charge in [-0.05, 0) is 42.9 Å². The van der Waals surface area contributed by atoms with Crippen molar-refractivity contribution >= 4 is 0 Å². The summed E-state index contributed by atoms with van der Waals surface area (Å²) in [4.78, 5) is 0. The van der Waals surface area contributed by atoms with Crippen LogP contribution in [-0.4, -0.2) is 13.1 Å². The number of benzene rings is 1. The van der Waals surface area contributed by atoms with Crippen LogP contribution in [0.25, 0.3) is 0 Å². The normalized spacial score (nSPS) is 18.4. The largest absolute Gasteiger partial charge is 0.317 e. The Morgan fingerprint density at radius 1 is 1.05 bits per heavy atom. The van der Waals surface area contributed by atoms with Gasteiger partial charge in [-0.2, -0.15) is 0 Å². The summed E-state index contributed by atoms with van der Waals surface area (Å²) in [6, 6.07) is 9.88. The predicted octanol–water partition coefficient (Wildman–Crippen LogP) is 4.91. The zero-order chi connectivity index (χ0) is 14.4. The molecule has 1 atom stereocenters. The standard InChI is InChI=1S/C19H31N/c1-15(2)18-11-9-17(10-12-18)14-19(20-3)13-16-7-5-4-6-8-16/h9-12,15-16,19-20H,4-8,13-14H2,1-3H3. The highest BCUT2D eigenvalue weighted by molar-refractivity contribution is 5.25. The second kappa shape index (κ2) is 7.83. The molecule has 1 nitrogen and oxygen atoms in total. The van der Waals surface area contributed by atoms with Gasteiger partial charge in [0, 0.05) is 6.04 Å². The van der Waals surface area contributed by atoms with Gasteiger partial charge >= 0.3 is 0 Å². The Bertz CT molecular complexity index is 373. The Hall–Kier alpha value is -0.820. The van der Waals surface area contributed by atoms with E-state index in [0.29, 0.717) is 12.0 Å². The van der Waals surface area contributed by atoms with E-state index in [1.165, 1.54) is 56.1 Å². The van der Waals surface area contributed by atoms with Crippen molar-refractivity contribution in [1.82, 2.24) is 5.32 Å². The maximum absolute atomic E-state index is 3.54. The Morgan fingerprint density at radius 2 is 1.70 bits per heavy atom. The topological polar surface area (TPSA) is 12.0 Å². The number of hydrogen-bond acceptors (Lipinski definition) is 1. The maximum Gasteiger partial charge on any atom is 0.0107 e. The lowest BCUT2D eigenvalue weighted by molar-refractivity contribution is 0.302. The molecule has 1 saturated carbocycles. The number of likely N-dealkylation sites (N-methyl/N-ethyl adjacent to an activating group) is 1. The highest BCUT2D eigenvalue weighted by atomic mass is 14.9. The summed E-state index contributed by atoms with van der Waals surface area (Å²) in [5.41, 5.74) is 2.92. The SMILES string of the molecule is CNC(Cc1ccc(C(C)C)cc1)CC1CCCCC1. The van der Waals surface area contributed by atoms with Crippen LogP contribution in [0.1, 0.15) is 69.4 Å². The van der Waals surface area contributed by atoms with Crippen LogP contribution in [0.4, 0.5) is 0 Å². The number of rotatable bonds is 6. The summed E-state index contributed by atoms with van der Waals surface area (Å²) in [6.07, 6.45) is 9.77. The molecule has 2 rings (SSSR count). The van der Waals surface area contributed by atoms with Crippen LogP contribution >= 0.6 is 0 Å². The van der Waals surface area contributed by atoms with Crippen molar-refractivity contribution in [3.63, 3.8) is 0 Å². The van der Waals surface area contributed by atoms with Gasteiger partial charge < -0.3 is 5.32 Å². The van der Waals surface area contributed by atoms with Gasteiger partial charge in [-0.3, -0.25) is 0 Å². The molecule has 20 heavy (non-hydrogen) atoms. The summed E-state index contributed by atoms with van der Waals surface area (Å²) in [7, 11) is 2.12. The van der Waals surface area contributed by atoms with Crippen LogP contribution in [-0.2, 0) is 6.42 Å². The fraction of sp³-hybridized carbons (Fsp3) is 0.684. The molecular weight excluding hydrogens is 242 g/mol. The van der Waals surface area contributed by atoms with Gasteiger partial charge in [0.2, 0.25) is 0 Å². The van der Waals surface area contributed by atoms with Gasteiger partial charge in [-0.25, -0.2) is 0 Å². The smallest absolute Gasteiger partial charge is 0.0107 e. The molecule has 0 aliphatic heterocycles. The molecule has 0 radical (unpaired) electrons. The van der Waals surface area contributed by atoms with Gasteiger partial charge in [0.25, 0.3) is 0 Å². The van der Waals surface area contributed by atoms with E-state index >= 15 is 0 Å². The zero-order valence-corrected chi connectivity index (χ0v) is 13.5. The molecule has 1 heteroatoms. The molecule has 1 fully saturated rings. The third-order valence-corrected chi connectivity index (χ3v) is 4.88. The van der Waals surface area contributed by atoms with E-state index in [1.54, 1.807) is 0 Å². The van der Waals surface area contributed by atoms with Crippen molar-refractivity contribution in [3.05, 3.63) is 35.4 Å². The van der Waals surface area contributed by atoms with Crippen LogP contribution in [0.5, 0.6) is 0 Å². The molecule has 1 aromatic carbocycles. The molecule has 1 unspecified atom stereocenters. The molecule has 1 aromatic rings. The summed E-state index contributed by atoms with van der Waals surface area (Å²) < 4.78 is 0. The lowest BCUT2D eigenvalue weighted by Gasteiger charge is -2.26.